The van der Waals surface area contributed by atoms with Crippen molar-refractivity contribution in [1.82, 2.24) is 14.6 Å². The molecule has 0 aliphatic carbocycles. The number of nitrogens with one attached hydrogen (secondary N) is 1. The number of halogens is 1. The van der Waals surface area contributed by atoms with E-state index >= 15 is 0 Å². The largest absolute Gasteiger partial charge is 0.396 e. The molecule has 192 valence electrons. The van der Waals surface area contributed by atoms with Crippen LogP contribution in [0.2, 0.25) is 5.02 Å². The third-order valence-corrected chi connectivity index (χ3v) is 8.57. The van der Waals surface area contributed by atoms with Crippen LogP contribution in [-0.4, -0.2) is 93.1 Å². The fourth-order valence-corrected chi connectivity index (χ4v) is 6.67. The molecule has 0 radical (unpaired) electrons. The molecule has 2 saturated heterocycles. The summed E-state index contributed by atoms with van der Waals surface area (Å²) in [6, 6.07) is 4.46. The van der Waals surface area contributed by atoms with Gasteiger partial charge in [-0.3, -0.25) is 9.78 Å². The highest BCUT2D eigenvalue weighted by molar-refractivity contribution is 7.89. The molecule has 2 unspecified atom stereocenters. The van der Waals surface area contributed by atoms with Crippen LogP contribution in [0.3, 0.4) is 0 Å². The van der Waals surface area contributed by atoms with Crippen LogP contribution in [0, 0.1) is 5.92 Å². The van der Waals surface area contributed by atoms with Crippen LogP contribution in [-0.2, 0) is 19.6 Å². The average molecular weight is 527 g/mol. The SMILES string of the molecule is O=C(CCO)N1CCN(c2ccnc3c(S(=O)(=O)NC(CO)CC4CCOC4)c(Cl)ccc23)CC1. The number of piperazine rings is 1. The summed E-state index contributed by atoms with van der Waals surface area (Å²) in [5.41, 5.74) is 1.06. The Kier molecular flexibility index (Phi) is 8.46. The third-order valence-electron chi connectivity index (χ3n) is 6.55. The van der Waals surface area contributed by atoms with E-state index in [0.29, 0.717) is 51.2 Å². The molecule has 35 heavy (non-hydrogen) atoms. The van der Waals surface area contributed by atoms with Gasteiger partial charge in [0.1, 0.15) is 4.90 Å². The zero-order chi connectivity index (χ0) is 25.0. The van der Waals surface area contributed by atoms with E-state index in [9.17, 15) is 18.3 Å². The number of carbonyl (C=O) groups excluding carboxylic acids is 1. The average Bonchev–Trinajstić information content (AvgIpc) is 3.36. The van der Waals surface area contributed by atoms with Gasteiger partial charge in [-0.1, -0.05) is 11.6 Å². The van der Waals surface area contributed by atoms with E-state index in [1.807, 2.05) is 6.07 Å². The number of ether oxygens (including phenoxy) is 1. The maximum absolute atomic E-state index is 13.4. The summed E-state index contributed by atoms with van der Waals surface area (Å²) in [7, 11) is -4.08. The second-order valence-electron chi connectivity index (χ2n) is 8.91. The lowest BCUT2D eigenvalue weighted by atomic mass is 10.0. The molecule has 3 N–H and O–H groups in total. The van der Waals surface area contributed by atoms with Crippen LogP contribution in [0.1, 0.15) is 19.3 Å². The highest BCUT2D eigenvalue weighted by atomic mass is 35.5. The van der Waals surface area contributed by atoms with E-state index in [1.54, 1.807) is 23.2 Å². The fourth-order valence-electron chi connectivity index (χ4n) is 4.75. The Morgan fingerprint density at radius 3 is 2.66 bits per heavy atom. The fraction of sp³-hybridized carbons (Fsp3) is 0.565. The predicted octanol–water partition coefficient (Wildman–Crippen LogP) is 0.985. The Labute approximate surface area is 209 Å². The number of pyridine rings is 1. The first-order valence-corrected chi connectivity index (χ1v) is 13.6. The first kappa shape index (κ1) is 26.1. The molecule has 4 rings (SSSR count). The van der Waals surface area contributed by atoms with Gasteiger partial charge in [-0.05, 0) is 37.0 Å². The molecule has 2 aliphatic heterocycles. The summed E-state index contributed by atoms with van der Waals surface area (Å²) in [5.74, 6) is 0.103. The number of fused-ring (bicyclic) bond motifs is 1. The van der Waals surface area contributed by atoms with Crippen LogP contribution in [0.5, 0.6) is 0 Å². The molecule has 2 atom stereocenters. The maximum atomic E-state index is 13.4. The normalized spacial score (nSPS) is 19.9. The number of amides is 1. The Balaban J connectivity index is 1.59. The van der Waals surface area contributed by atoms with Gasteiger partial charge in [-0.2, -0.15) is 0 Å². The highest BCUT2D eigenvalue weighted by Gasteiger charge is 2.29. The molecule has 0 bridgehead atoms. The van der Waals surface area contributed by atoms with Gasteiger partial charge >= 0.3 is 0 Å². The van der Waals surface area contributed by atoms with Gasteiger partial charge in [0.25, 0.3) is 0 Å². The van der Waals surface area contributed by atoms with Gasteiger partial charge in [-0.25, -0.2) is 13.1 Å². The predicted molar refractivity (Wildman–Crippen MR) is 132 cm³/mol. The lowest BCUT2D eigenvalue weighted by molar-refractivity contribution is -0.132. The van der Waals surface area contributed by atoms with Gasteiger partial charge in [0.15, 0.2) is 0 Å². The molecule has 1 amide bonds. The van der Waals surface area contributed by atoms with Crippen molar-refractivity contribution >= 4 is 44.1 Å². The Morgan fingerprint density at radius 2 is 2.00 bits per heavy atom. The smallest absolute Gasteiger partial charge is 0.244 e. The van der Waals surface area contributed by atoms with Crippen molar-refractivity contribution in [2.75, 3.05) is 57.5 Å². The number of nitrogens with zero attached hydrogens (tertiary/aromatic N) is 3. The van der Waals surface area contributed by atoms with Crippen LogP contribution in [0.25, 0.3) is 10.9 Å². The number of aliphatic hydroxyl groups excluding tert-OH is 2. The topological polar surface area (TPSA) is 132 Å². The van der Waals surface area contributed by atoms with E-state index in [4.69, 9.17) is 21.4 Å². The lowest BCUT2D eigenvalue weighted by Crippen LogP contribution is -2.49. The summed E-state index contributed by atoms with van der Waals surface area (Å²) >= 11 is 6.39. The number of aliphatic hydroxyl groups is 2. The summed E-state index contributed by atoms with van der Waals surface area (Å²) in [4.78, 5) is 20.1. The zero-order valence-corrected chi connectivity index (χ0v) is 21.0. The summed E-state index contributed by atoms with van der Waals surface area (Å²) in [6.45, 7) is 2.82. The van der Waals surface area contributed by atoms with E-state index in [0.717, 1.165) is 12.1 Å². The summed E-state index contributed by atoms with van der Waals surface area (Å²) in [5, 5.41) is 19.5. The number of carbonyl (C=O) groups is 1. The Bertz CT molecular complexity index is 1150. The minimum atomic E-state index is -4.08. The molecule has 1 aromatic carbocycles. The molecule has 3 heterocycles. The van der Waals surface area contributed by atoms with E-state index in [2.05, 4.69) is 14.6 Å². The van der Waals surface area contributed by atoms with Crippen molar-refractivity contribution in [2.24, 2.45) is 5.92 Å². The number of anilines is 1. The quantitative estimate of drug-likeness (QED) is 0.440. The Hall–Kier alpha value is -2.02. The minimum Gasteiger partial charge on any atom is -0.396 e. The second-order valence-corrected chi connectivity index (χ2v) is 11.0. The van der Waals surface area contributed by atoms with Crippen molar-refractivity contribution in [1.29, 1.82) is 0 Å². The van der Waals surface area contributed by atoms with Gasteiger partial charge in [0.2, 0.25) is 15.9 Å². The molecule has 0 spiro atoms. The van der Waals surface area contributed by atoms with Crippen LogP contribution < -0.4 is 9.62 Å². The molecule has 10 nitrogen and oxygen atoms in total. The van der Waals surface area contributed by atoms with Crippen molar-refractivity contribution in [3.63, 3.8) is 0 Å². The van der Waals surface area contributed by atoms with Crippen LogP contribution >= 0.6 is 11.6 Å². The van der Waals surface area contributed by atoms with Gasteiger partial charge in [0.05, 0.1) is 23.8 Å². The standard InChI is InChI=1S/C23H31ClN4O6S/c24-19-2-1-18-20(27-7-9-28(10-8-27)21(31)4-11-29)3-6-25-22(18)23(19)35(32,33)26-17(14-30)13-16-5-12-34-15-16/h1-3,6,16-17,26,29-30H,4-5,7-15H2. The maximum Gasteiger partial charge on any atom is 0.244 e. The van der Waals surface area contributed by atoms with E-state index in [1.165, 1.54) is 0 Å². The number of hydrogen-bond acceptors (Lipinski definition) is 8. The van der Waals surface area contributed by atoms with Crippen molar-refractivity contribution in [2.45, 2.75) is 30.2 Å². The van der Waals surface area contributed by atoms with Crippen LogP contribution in [0.15, 0.2) is 29.3 Å². The first-order valence-electron chi connectivity index (χ1n) is 11.8. The third kappa shape index (κ3) is 5.87. The number of benzene rings is 1. The molecular formula is C23H31ClN4O6S. The van der Waals surface area contributed by atoms with E-state index < -0.39 is 16.1 Å². The number of rotatable bonds is 9. The molecule has 2 fully saturated rings. The minimum absolute atomic E-state index is 0.0509. The number of hydrogen-bond donors (Lipinski definition) is 3. The Morgan fingerprint density at radius 1 is 1.23 bits per heavy atom. The summed E-state index contributed by atoms with van der Waals surface area (Å²) in [6.07, 6.45) is 2.95. The monoisotopic (exact) mass is 526 g/mol. The number of aromatic nitrogens is 1. The van der Waals surface area contributed by atoms with Gasteiger partial charge in [0, 0.05) is 69.1 Å². The molecular weight excluding hydrogens is 496 g/mol. The van der Waals surface area contributed by atoms with Crippen LogP contribution in [0.4, 0.5) is 5.69 Å². The molecule has 2 aliphatic rings. The molecule has 2 aromatic rings. The first-order chi connectivity index (χ1) is 16.8. The second kappa shape index (κ2) is 11.4. The number of sulfonamides is 1. The van der Waals surface area contributed by atoms with Gasteiger partial charge < -0.3 is 24.7 Å². The van der Waals surface area contributed by atoms with E-state index in [-0.39, 0.29) is 46.9 Å². The molecule has 0 saturated carbocycles. The summed E-state index contributed by atoms with van der Waals surface area (Å²) < 4.78 is 34.8. The molecule has 1 aromatic heterocycles. The van der Waals surface area contributed by atoms with Crippen molar-refractivity contribution in [3.05, 3.63) is 29.4 Å². The lowest BCUT2D eigenvalue weighted by Gasteiger charge is -2.36. The van der Waals surface area contributed by atoms with Crippen molar-refractivity contribution < 1.29 is 28.2 Å². The zero-order valence-electron chi connectivity index (χ0n) is 19.4. The highest BCUT2D eigenvalue weighted by Crippen LogP contribution is 2.34. The van der Waals surface area contributed by atoms with Gasteiger partial charge in [-0.15, -0.1) is 0 Å². The van der Waals surface area contributed by atoms with Crippen molar-refractivity contribution in [3.8, 4) is 0 Å². The molecule has 12 heteroatoms.